The van der Waals surface area contributed by atoms with Gasteiger partial charge in [-0.1, -0.05) is 11.8 Å². The fourth-order valence-electron chi connectivity index (χ4n) is 2.77. The van der Waals surface area contributed by atoms with Gasteiger partial charge in [0.15, 0.2) is 16.7 Å². The smallest absolute Gasteiger partial charge is 0.325 e. The van der Waals surface area contributed by atoms with Crippen molar-refractivity contribution >= 4 is 29.4 Å². The maximum atomic E-state index is 12.2. The molecule has 0 fully saturated rings. The molecule has 2 N–H and O–H groups in total. The number of methoxy groups -OCH3 is 1. The first-order chi connectivity index (χ1) is 14.6. The number of fused-ring (bicyclic) bond motifs is 1. The number of hydrogen-bond acceptors (Lipinski definition) is 7. The predicted octanol–water partition coefficient (Wildman–Crippen LogP) is 3.05. The molecular weight excluding hydrogens is 408 g/mol. The van der Waals surface area contributed by atoms with Gasteiger partial charge >= 0.3 is 6.03 Å². The van der Waals surface area contributed by atoms with E-state index in [1.807, 2.05) is 28.8 Å². The largest absolute Gasteiger partial charge is 0.497 e. The minimum atomic E-state index is -0.627. The summed E-state index contributed by atoms with van der Waals surface area (Å²) in [5.41, 5.74) is 1.38. The first-order valence-electron chi connectivity index (χ1n) is 8.93. The molecule has 3 aromatic rings. The van der Waals surface area contributed by atoms with Crippen LogP contribution in [0.25, 0.3) is 5.69 Å². The molecular formula is C20H18N4O5S. The normalized spacial score (nSPS) is 11.8. The van der Waals surface area contributed by atoms with Crippen molar-refractivity contribution in [2.75, 3.05) is 25.0 Å². The summed E-state index contributed by atoms with van der Waals surface area (Å²) in [5.74, 6) is 1.49. The molecule has 2 heterocycles. The number of anilines is 1. The molecule has 0 unspecified atom stereocenters. The Kier molecular flexibility index (Phi) is 5.75. The number of benzene rings is 2. The van der Waals surface area contributed by atoms with Gasteiger partial charge in [-0.25, -0.2) is 9.78 Å². The second-order valence-electron chi connectivity index (χ2n) is 6.14. The number of imide groups is 1. The summed E-state index contributed by atoms with van der Waals surface area (Å²) >= 11 is 1.22. The molecule has 0 spiro atoms. The quantitative estimate of drug-likeness (QED) is 0.584. The zero-order valence-corrected chi connectivity index (χ0v) is 16.8. The number of nitrogens with one attached hydrogen (secondary N) is 2. The van der Waals surface area contributed by atoms with Gasteiger partial charge < -0.3 is 19.5 Å². The average molecular weight is 426 g/mol. The minimum Gasteiger partial charge on any atom is -0.497 e. The third kappa shape index (κ3) is 4.49. The number of ether oxygens (including phenoxy) is 3. The molecule has 0 saturated heterocycles. The van der Waals surface area contributed by atoms with E-state index in [2.05, 4.69) is 15.6 Å². The van der Waals surface area contributed by atoms with Crippen LogP contribution in [0.3, 0.4) is 0 Å². The van der Waals surface area contributed by atoms with Crippen molar-refractivity contribution in [2.24, 2.45) is 0 Å². The highest BCUT2D eigenvalue weighted by Gasteiger charge is 2.15. The van der Waals surface area contributed by atoms with Gasteiger partial charge in [-0.3, -0.25) is 14.7 Å². The number of imidazole rings is 1. The summed E-state index contributed by atoms with van der Waals surface area (Å²) in [7, 11) is 1.61. The number of rotatable bonds is 6. The average Bonchev–Trinajstić information content (AvgIpc) is 3.41. The number of thioether (sulfide) groups is 1. The Hall–Kier alpha value is -3.66. The zero-order valence-electron chi connectivity index (χ0n) is 16.0. The summed E-state index contributed by atoms with van der Waals surface area (Å²) in [6.45, 7) is 0.146. The Balaban J connectivity index is 1.31. The van der Waals surface area contributed by atoms with Crippen LogP contribution in [-0.4, -0.2) is 41.1 Å². The Morgan fingerprint density at radius 3 is 2.77 bits per heavy atom. The number of hydrogen-bond donors (Lipinski definition) is 2. The molecule has 154 valence electrons. The summed E-state index contributed by atoms with van der Waals surface area (Å²) in [6, 6.07) is 11.8. The van der Waals surface area contributed by atoms with Crippen LogP contribution in [0, 0.1) is 0 Å². The Labute approximate surface area is 176 Å². The molecule has 0 atom stereocenters. The highest BCUT2D eigenvalue weighted by atomic mass is 32.2. The number of carbonyl (C=O) groups excluding carboxylic acids is 2. The van der Waals surface area contributed by atoms with Crippen molar-refractivity contribution in [2.45, 2.75) is 5.16 Å². The lowest BCUT2D eigenvalue weighted by Crippen LogP contribution is -2.35. The highest BCUT2D eigenvalue weighted by Crippen LogP contribution is 2.34. The van der Waals surface area contributed by atoms with Gasteiger partial charge in [-0.2, -0.15) is 0 Å². The number of nitrogens with zero attached hydrogens (tertiary/aromatic N) is 2. The van der Waals surface area contributed by atoms with E-state index in [9.17, 15) is 9.59 Å². The summed E-state index contributed by atoms with van der Waals surface area (Å²) < 4.78 is 17.5. The first kappa shape index (κ1) is 19.6. The van der Waals surface area contributed by atoms with Crippen LogP contribution in [0.15, 0.2) is 60.0 Å². The van der Waals surface area contributed by atoms with Crippen LogP contribution in [-0.2, 0) is 4.79 Å². The number of amides is 3. The van der Waals surface area contributed by atoms with E-state index in [1.54, 1.807) is 37.7 Å². The minimum absolute atomic E-state index is 0.0295. The van der Waals surface area contributed by atoms with Crippen molar-refractivity contribution in [3.63, 3.8) is 0 Å². The molecule has 30 heavy (non-hydrogen) atoms. The van der Waals surface area contributed by atoms with Crippen molar-refractivity contribution in [1.29, 1.82) is 0 Å². The van der Waals surface area contributed by atoms with Gasteiger partial charge in [0, 0.05) is 29.8 Å². The molecule has 0 bridgehead atoms. The van der Waals surface area contributed by atoms with Crippen LogP contribution >= 0.6 is 11.8 Å². The molecule has 1 aliphatic rings. The van der Waals surface area contributed by atoms with E-state index >= 15 is 0 Å². The van der Waals surface area contributed by atoms with E-state index in [0.29, 0.717) is 22.3 Å². The topological polar surface area (TPSA) is 104 Å². The van der Waals surface area contributed by atoms with Gasteiger partial charge in [0.25, 0.3) is 0 Å². The highest BCUT2D eigenvalue weighted by molar-refractivity contribution is 7.99. The SMILES string of the molecule is COc1ccc(-n2ccnc2SCC(=O)NC(=O)Nc2ccc3c(c2)OCO3)cc1. The molecule has 2 aromatic carbocycles. The monoisotopic (exact) mass is 426 g/mol. The predicted molar refractivity (Wildman–Crippen MR) is 111 cm³/mol. The summed E-state index contributed by atoms with van der Waals surface area (Å²) in [4.78, 5) is 28.5. The molecule has 1 aliphatic heterocycles. The maximum Gasteiger partial charge on any atom is 0.325 e. The van der Waals surface area contributed by atoms with E-state index in [-0.39, 0.29) is 12.5 Å². The van der Waals surface area contributed by atoms with Gasteiger partial charge in [0.05, 0.1) is 12.9 Å². The molecule has 0 aliphatic carbocycles. The molecule has 0 saturated carbocycles. The molecule has 3 amide bonds. The maximum absolute atomic E-state index is 12.2. The Morgan fingerprint density at radius 2 is 1.97 bits per heavy atom. The standard InChI is InChI=1S/C20H18N4O5S/c1-27-15-5-3-14(4-6-15)24-9-8-21-20(24)30-11-18(25)23-19(26)22-13-2-7-16-17(10-13)29-12-28-16/h2-10H,11-12H2,1H3,(H2,22,23,25,26). The second kappa shape index (κ2) is 8.78. The number of aromatic nitrogens is 2. The fraction of sp³-hybridized carbons (Fsp3) is 0.150. The van der Waals surface area contributed by atoms with E-state index < -0.39 is 11.9 Å². The Morgan fingerprint density at radius 1 is 1.17 bits per heavy atom. The molecule has 1 aromatic heterocycles. The fourth-order valence-corrected chi connectivity index (χ4v) is 3.54. The third-order valence-corrected chi connectivity index (χ3v) is 5.14. The molecule has 10 heteroatoms. The van der Waals surface area contributed by atoms with E-state index in [1.165, 1.54) is 11.8 Å². The van der Waals surface area contributed by atoms with Crippen molar-refractivity contribution in [3.05, 3.63) is 54.9 Å². The first-order valence-corrected chi connectivity index (χ1v) is 9.92. The lowest BCUT2D eigenvalue weighted by atomic mass is 10.3. The van der Waals surface area contributed by atoms with Crippen LogP contribution < -0.4 is 24.8 Å². The van der Waals surface area contributed by atoms with Crippen LogP contribution in [0.5, 0.6) is 17.2 Å². The third-order valence-electron chi connectivity index (χ3n) is 4.17. The number of carbonyl (C=O) groups is 2. The van der Waals surface area contributed by atoms with Gasteiger partial charge in [-0.05, 0) is 36.4 Å². The van der Waals surface area contributed by atoms with E-state index in [0.717, 1.165) is 11.4 Å². The Bertz CT molecular complexity index is 1070. The molecule has 4 rings (SSSR count). The molecule has 9 nitrogen and oxygen atoms in total. The summed E-state index contributed by atoms with van der Waals surface area (Å²) in [5, 5.41) is 5.52. The van der Waals surface area contributed by atoms with Gasteiger partial charge in [-0.15, -0.1) is 0 Å². The number of urea groups is 1. The lowest BCUT2D eigenvalue weighted by Gasteiger charge is -2.09. The van der Waals surface area contributed by atoms with Crippen LogP contribution in [0.4, 0.5) is 10.5 Å². The van der Waals surface area contributed by atoms with Crippen molar-refractivity contribution in [1.82, 2.24) is 14.9 Å². The summed E-state index contributed by atoms with van der Waals surface area (Å²) in [6.07, 6.45) is 3.45. The van der Waals surface area contributed by atoms with E-state index in [4.69, 9.17) is 14.2 Å². The van der Waals surface area contributed by atoms with Crippen molar-refractivity contribution in [3.8, 4) is 22.9 Å². The van der Waals surface area contributed by atoms with Crippen LogP contribution in [0.2, 0.25) is 0 Å². The second-order valence-corrected chi connectivity index (χ2v) is 7.08. The molecule has 0 radical (unpaired) electrons. The van der Waals surface area contributed by atoms with Gasteiger partial charge in [0.1, 0.15) is 5.75 Å². The van der Waals surface area contributed by atoms with Crippen LogP contribution in [0.1, 0.15) is 0 Å². The van der Waals surface area contributed by atoms with Crippen molar-refractivity contribution < 1.29 is 23.8 Å². The lowest BCUT2D eigenvalue weighted by molar-refractivity contribution is -0.117. The zero-order chi connectivity index (χ0) is 20.9. The van der Waals surface area contributed by atoms with Gasteiger partial charge in [0.2, 0.25) is 12.7 Å².